The van der Waals surface area contributed by atoms with Crippen LogP contribution in [0.15, 0.2) is 206 Å². The number of para-hydroxylation sites is 4. The van der Waals surface area contributed by atoms with Crippen LogP contribution in [0, 0.1) is 126 Å². The fourth-order valence-electron chi connectivity index (χ4n) is 31.6. The average molecular weight is 1520 g/mol. The molecular formula is C112H118N4. The first kappa shape index (κ1) is 71.0. The third-order valence-electron chi connectivity index (χ3n) is 34.5. The van der Waals surface area contributed by atoms with Gasteiger partial charge >= 0.3 is 0 Å². The molecule has 16 saturated carbocycles. The van der Waals surface area contributed by atoms with Crippen molar-refractivity contribution in [3.05, 3.63) is 273 Å². The summed E-state index contributed by atoms with van der Waals surface area (Å²) < 4.78 is 0. The minimum absolute atomic E-state index is 0.270. The number of hydrogen-bond donors (Lipinski definition) is 0. The molecule has 0 spiro atoms. The topological polar surface area (TPSA) is 13.0 Å². The molecule has 16 aliphatic rings. The lowest BCUT2D eigenvalue weighted by atomic mass is 9.48. The van der Waals surface area contributed by atoms with E-state index in [1.165, 1.54) is 299 Å². The molecule has 0 N–H and O–H groups in total. The van der Waals surface area contributed by atoms with Crippen LogP contribution in [0.1, 0.15) is 221 Å². The molecular weight excluding hydrogens is 1400 g/mol. The van der Waals surface area contributed by atoms with Crippen molar-refractivity contribution < 1.29 is 0 Å². The molecule has 0 aromatic heterocycles. The smallest absolute Gasteiger partial charge is 0.0561 e. The molecule has 0 heterocycles. The highest BCUT2D eigenvalue weighted by Crippen LogP contribution is 2.67. The van der Waals surface area contributed by atoms with Crippen molar-refractivity contribution in [2.24, 2.45) is 71.0 Å². The van der Waals surface area contributed by atoms with Gasteiger partial charge in [0.1, 0.15) is 0 Å². The van der Waals surface area contributed by atoms with Gasteiger partial charge in [-0.3, -0.25) is 0 Å². The van der Waals surface area contributed by atoms with E-state index in [0.717, 1.165) is 71.0 Å². The third-order valence-corrected chi connectivity index (χ3v) is 34.5. The zero-order valence-corrected chi connectivity index (χ0v) is 70.3. The number of benzene rings is 12. The van der Waals surface area contributed by atoms with Crippen LogP contribution in [0.5, 0.6) is 0 Å². The molecule has 0 unspecified atom stereocenters. The predicted molar refractivity (Wildman–Crippen MR) is 486 cm³/mol. The second-order valence-electron chi connectivity index (χ2n) is 42.2. The third kappa shape index (κ3) is 11.0. The number of hydrogen-bond acceptors (Lipinski definition) is 4. The standard InChI is InChI=1S/C112H118N4/c1-67-13-9-14-68(2)105(67)113(91-29-21-87(22-30-91)109-55-75-41-76(56-109)43-77(42-75)57-109)99-53-100(114(106-69(3)15-10-16-70(106)4)92-31-23-88(24-32-92)110-58-78-44-79(59-110)46-80(45-78)60-110)96-39-40-98-102(116(108-73(7)19-12-20-74(108)8)94-35-27-90(28-36-94)112-64-84-50-85(65-112)52-86(51-84)66-112)54-101(97-38-37-95(99)103(96)104(97)98)115(107-71(5)17-11-18-72(107)6)93-33-25-89(26-34-93)111-61-81-47-82(62-111)49-83(48-81)63-111/h9-40,53-54,75-86H,41-52,55-66H2,1-8H3. The zero-order valence-electron chi connectivity index (χ0n) is 70.3. The summed E-state index contributed by atoms with van der Waals surface area (Å²) in [5.41, 5.74) is 32.3. The summed E-state index contributed by atoms with van der Waals surface area (Å²) in [6, 6.07) is 85.2. The SMILES string of the molecule is Cc1cccc(C)c1N(c1ccc(C23CC4CC(CC(C4)C2)C3)cc1)c1cc(N(c2ccc(C34CC5CC(CC(C5)C3)C4)cc2)c2c(C)cccc2C)c2ccc3c(N(c4ccc(C56CC7CC(CC(C7)C5)C6)cc4)c4c(C)cccc4C)cc(N(c4ccc(C56CC7CC(CC(C7)C5)C6)cc4)c4c(C)cccc4C)c4ccc1c2c43. The van der Waals surface area contributed by atoms with Gasteiger partial charge in [0.2, 0.25) is 0 Å². The van der Waals surface area contributed by atoms with E-state index in [2.05, 4.69) is 281 Å². The lowest BCUT2D eigenvalue weighted by Gasteiger charge is -2.57. The Morgan fingerprint density at radius 3 is 0.509 bits per heavy atom. The Morgan fingerprint density at radius 2 is 0.353 bits per heavy atom. The van der Waals surface area contributed by atoms with Gasteiger partial charge in [-0.1, -0.05) is 146 Å². The van der Waals surface area contributed by atoms with Gasteiger partial charge in [0.05, 0.1) is 45.5 Å². The monoisotopic (exact) mass is 1520 g/mol. The largest absolute Gasteiger partial charge is 0.309 e. The minimum atomic E-state index is 0.270. The van der Waals surface area contributed by atoms with Crippen molar-refractivity contribution in [1.29, 1.82) is 0 Å². The van der Waals surface area contributed by atoms with Crippen LogP contribution in [0.25, 0.3) is 32.3 Å². The summed E-state index contributed by atoms with van der Waals surface area (Å²) in [6.07, 6.45) is 33.5. The van der Waals surface area contributed by atoms with Gasteiger partial charge in [0.15, 0.2) is 0 Å². The number of aryl methyl sites for hydroxylation is 8. The summed E-state index contributed by atoms with van der Waals surface area (Å²) >= 11 is 0. The first-order chi connectivity index (χ1) is 56.4. The van der Waals surface area contributed by atoms with Gasteiger partial charge in [-0.15, -0.1) is 0 Å². The molecule has 586 valence electrons. The first-order valence-corrected chi connectivity index (χ1v) is 46.1. The molecule has 0 amide bonds. The molecule has 12 aromatic carbocycles. The molecule has 16 fully saturated rings. The first-order valence-electron chi connectivity index (χ1n) is 46.1. The van der Waals surface area contributed by atoms with E-state index < -0.39 is 0 Å². The molecule has 0 aliphatic heterocycles. The summed E-state index contributed by atoms with van der Waals surface area (Å²) in [6.45, 7) is 19.0. The van der Waals surface area contributed by atoms with Crippen molar-refractivity contribution in [2.45, 2.75) is 231 Å². The molecule has 0 atom stereocenters. The Hall–Kier alpha value is -9.12. The maximum absolute atomic E-state index is 2.74. The van der Waals surface area contributed by atoms with E-state index in [0.29, 0.717) is 0 Å². The zero-order chi connectivity index (χ0) is 77.6. The van der Waals surface area contributed by atoms with E-state index >= 15 is 0 Å². The Bertz CT molecular complexity index is 4990. The van der Waals surface area contributed by atoms with Crippen molar-refractivity contribution in [2.75, 3.05) is 19.6 Å². The van der Waals surface area contributed by atoms with Crippen LogP contribution < -0.4 is 19.6 Å². The fraction of sp³-hybridized carbons (Fsp3) is 0.429. The van der Waals surface area contributed by atoms with E-state index in [4.69, 9.17) is 0 Å². The molecule has 4 heteroatoms. The number of anilines is 12. The highest BCUT2D eigenvalue weighted by Gasteiger charge is 2.56. The van der Waals surface area contributed by atoms with E-state index in [9.17, 15) is 0 Å². The number of rotatable bonds is 16. The van der Waals surface area contributed by atoms with E-state index in [1.807, 2.05) is 0 Å². The van der Waals surface area contributed by atoms with Gasteiger partial charge in [-0.05, 0) is 430 Å². The molecule has 16 bridgehead atoms. The van der Waals surface area contributed by atoms with Crippen molar-refractivity contribution in [3.8, 4) is 0 Å². The van der Waals surface area contributed by atoms with Gasteiger partial charge in [0, 0.05) is 55.1 Å². The highest BCUT2D eigenvalue weighted by molar-refractivity contribution is 6.33. The molecule has 0 saturated heterocycles. The molecule has 12 aromatic rings. The quantitative estimate of drug-likeness (QED) is 0.0894. The summed E-state index contributed by atoms with van der Waals surface area (Å²) in [5, 5.41) is 7.63. The lowest BCUT2D eigenvalue weighted by Crippen LogP contribution is -2.48. The average Bonchev–Trinajstić information content (AvgIpc) is 0.690. The lowest BCUT2D eigenvalue weighted by molar-refractivity contribution is -0.00530. The van der Waals surface area contributed by atoms with Crippen molar-refractivity contribution in [3.63, 3.8) is 0 Å². The maximum atomic E-state index is 2.74. The Labute approximate surface area is 690 Å². The fourth-order valence-corrected chi connectivity index (χ4v) is 31.6. The second kappa shape index (κ2) is 26.2. The highest BCUT2D eigenvalue weighted by atomic mass is 15.2. The van der Waals surface area contributed by atoms with Crippen molar-refractivity contribution in [1.82, 2.24) is 0 Å². The van der Waals surface area contributed by atoms with Crippen LogP contribution in [0.2, 0.25) is 0 Å². The van der Waals surface area contributed by atoms with Gasteiger partial charge < -0.3 is 19.6 Å². The Morgan fingerprint density at radius 1 is 0.198 bits per heavy atom. The van der Waals surface area contributed by atoms with Crippen LogP contribution in [0.3, 0.4) is 0 Å². The van der Waals surface area contributed by atoms with E-state index in [-0.39, 0.29) is 21.7 Å². The van der Waals surface area contributed by atoms with Crippen molar-refractivity contribution >= 4 is 101 Å². The van der Waals surface area contributed by atoms with Crippen LogP contribution >= 0.6 is 0 Å². The van der Waals surface area contributed by atoms with E-state index in [1.54, 1.807) is 22.3 Å². The minimum Gasteiger partial charge on any atom is -0.309 e. The maximum Gasteiger partial charge on any atom is 0.0561 e. The second-order valence-corrected chi connectivity index (χ2v) is 42.2. The Kier molecular flexibility index (Phi) is 16.0. The molecule has 16 aliphatic carbocycles. The normalized spacial score (nSPS) is 30.6. The van der Waals surface area contributed by atoms with Gasteiger partial charge in [-0.25, -0.2) is 0 Å². The van der Waals surface area contributed by atoms with Gasteiger partial charge in [-0.2, -0.15) is 0 Å². The van der Waals surface area contributed by atoms with Crippen LogP contribution in [0.4, 0.5) is 68.2 Å². The summed E-state index contributed by atoms with van der Waals surface area (Å²) in [5.74, 6) is 10.4. The van der Waals surface area contributed by atoms with Crippen LogP contribution in [-0.2, 0) is 21.7 Å². The van der Waals surface area contributed by atoms with Crippen LogP contribution in [-0.4, -0.2) is 0 Å². The van der Waals surface area contributed by atoms with Gasteiger partial charge in [0.25, 0.3) is 0 Å². The summed E-state index contributed by atoms with van der Waals surface area (Å²) in [4.78, 5) is 11.0. The molecule has 0 radical (unpaired) electrons. The molecule has 4 nitrogen and oxygen atoms in total. The molecule has 116 heavy (non-hydrogen) atoms. The summed E-state index contributed by atoms with van der Waals surface area (Å²) in [7, 11) is 0. The predicted octanol–water partition coefficient (Wildman–Crippen LogP) is 30.8. The Balaban J connectivity index is 0.801. The molecule has 28 rings (SSSR count). The number of nitrogens with zero attached hydrogens (tertiary/aromatic N) is 4.